The third-order valence-electron chi connectivity index (χ3n) is 2.63. The van der Waals surface area contributed by atoms with Crippen LogP contribution in [0.2, 0.25) is 0 Å². The van der Waals surface area contributed by atoms with Crippen LogP contribution >= 0.6 is 11.3 Å². The SMILES string of the molecule is CCOC(=O)C(=O)N(Cc1ccsc1)C1CC1. The smallest absolute Gasteiger partial charge is 0.397 e. The number of ether oxygens (including phenoxy) is 1. The fourth-order valence-electron chi connectivity index (χ4n) is 1.64. The lowest BCUT2D eigenvalue weighted by atomic mass is 10.3. The maximum absolute atomic E-state index is 11.9. The third-order valence-corrected chi connectivity index (χ3v) is 3.36. The van der Waals surface area contributed by atoms with Crippen LogP contribution in [0.5, 0.6) is 0 Å². The molecule has 1 aromatic rings. The fraction of sp³-hybridized carbons (Fsp3) is 0.500. The number of carbonyl (C=O) groups is 2. The van der Waals surface area contributed by atoms with E-state index in [2.05, 4.69) is 0 Å². The summed E-state index contributed by atoms with van der Waals surface area (Å²) in [6.45, 7) is 2.44. The van der Waals surface area contributed by atoms with Crippen LogP contribution in [0.4, 0.5) is 0 Å². The van der Waals surface area contributed by atoms with Crippen LogP contribution in [0.15, 0.2) is 16.8 Å². The van der Waals surface area contributed by atoms with Gasteiger partial charge in [-0.25, -0.2) is 4.79 Å². The van der Waals surface area contributed by atoms with Gasteiger partial charge in [-0.05, 0) is 42.2 Å². The van der Waals surface area contributed by atoms with Gasteiger partial charge in [0.1, 0.15) is 0 Å². The molecule has 1 saturated carbocycles. The van der Waals surface area contributed by atoms with Gasteiger partial charge in [-0.3, -0.25) is 4.79 Å². The van der Waals surface area contributed by atoms with Crippen LogP contribution in [-0.4, -0.2) is 29.4 Å². The van der Waals surface area contributed by atoms with E-state index in [0.717, 1.165) is 18.4 Å². The maximum atomic E-state index is 11.9. The average Bonchev–Trinajstić information content (AvgIpc) is 3.03. The zero-order chi connectivity index (χ0) is 12.3. The van der Waals surface area contributed by atoms with Crippen LogP contribution in [-0.2, 0) is 20.9 Å². The minimum atomic E-state index is -0.741. The molecule has 0 aliphatic heterocycles. The third kappa shape index (κ3) is 3.06. The van der Waals surface area contributed by atoms with Crippen molar-refractivity contribution in [3.8, 4) is 0 Å². The number of hydrogen-bond acceptors (Lipinski definition) is 4. The molecule has 0 N–H and O–H groups in total. The van der Waals surface area contributed by atoms with Gasteiger partial charge in [0, 0.05) is 12.6 Å². The Morgan fingerprint density at radius 2 is 2.29 bits per heavy atom. The molecule has 0 bridgehead atoms. The Morgan fingerprint density at radius 3 is 2.82 bits per heavy atom. The first kappa shape index (κ1) is 12.1. The molecule has 17 heavy (non-hydrogen) atoms. The lowest BCUT2D eigenvalue weighted by Gasteiger charge is -2.20. The van der Waals surface area contributed by atoms with E-state index in [0.29, 0.717) is 6.54 Å². The average molecular weight is 253 g/mol. The van der Waals surface area contributed by atoms with Crippen molar-refractivity contribution in [3.63, 3.8) is 0 Å². The predicted octanol–water partition coefficient (Wildman–Crippen LogP) is 1.80. The number of rotatable bonds is 4. The number of amides is 1. The summed E-state index contributed by atoms with van der Waals surface area (Å²) in [4.78, 5) is 25.0. The lowest BCUT2D eigenvalue weighted by molar-refractivity contribution is -0.160. The largest absolute Gasteiger partial charge is 0.459 e. The summed E-state index contributed by atoms with van der Waals surface area (Å²) >= 11 is 1.59. The molecule has 4 nitrogen and oxygen atoms in total. The van der Waals surface area contributed by atoms with E-state index < -0.39 is 11.9 Å². The Bertz CT molecular complexity index is 398. The number of carbonyl (C=O) groups excluding carboxylic acids is 2. The number of esters is 1. The summed E-state index contributed by atoms with van der Waals surface area (Å²) < 4.78 is 4.75. The molecule has 5 heteroatoms. The summed E-state index contributed by atoms with van der Waals surface area (Å²) in [6, 6.07) is 2.19. The zero-order valence-electron chi connectivity index (χ0n) is 9.72. The van der Waals surface area contributed by atoms with Crippen LogP contribution in [0, 0.1) is 0 Å². The monoisotopic (exact) mass is 253 g/mol. The van der Waals surface area contributed by atoms with Gasteiger partial charge in [0.15, 0.2) is 0 Å². The Balaban J connectivity index is 2.01. The van der Waals surface area contributed by atoms with Gasteiger partial charge >= 0.3 is 11.9 Å². The van der Waals surface area contributed by atoms with Crippen molar-refractivity contribution in [3.05, 3.63) is 22.4 Å². The highest BCUT2D eigenvalue weighted by Gasteiger charge is 2.36. The highest BCUT2D eigenvalue weighted by Crippen LogP contribution is 2.29. The number of hydrogen-bond donors (Lipinski definition) is 0. The van der Waals surface area contributed by atoms with E-state index in [1.54, 1.807) is 23.2 Å². The van der Waals surface area contributed by atoms with E-state index in [1.165, 1.54) is 0 Å². The van der Waals surface area contributed by atoms with E-state index in [4.69, 9.17) is 4.74 Å². The molecule has 0 radical (unpaired) electrons. The zero-order valence-corrected chi connectivity index (χ0v) is 10.5. The van der Waals surface area contributed by atoms with Crippen molar-refractivity contribution in [1.29, 1.82) is 0 Å². The summed E-state index contributed by atoms with van der Waals surface area (Å²) in [5.74, 6) is -1.25. The van der Waals surface area contributed by atoms with Crippen LogP contribution in [0.3, 0.4) is 0 Å². The second-order valence-electron chi connectivity index (χ2n) is 4.02. The molecule has 92 valence electrons. The minimum Gasteiger partial charge on any atom is -0.459 e. The normalized spacial score (nSPS) is 14.4. The molecule has 1 aliphatic rings. The Hall–Kier alpha value is -1.36. The summed E-state index contributed by atoms with van der Waals surface area (Å²) in [5.41, 5.74) is 1.07. The second kappa shape index (κ2) is 5.31. The summed E-state index contributed by atoms with van der Waals surface area (Å²) in [6.07, 6.45) is 1.96. The van der Waals surface area contributed by atoms with Crippen LogP contribution in [0.25, 0.3) is 0 Å². The van der Waals surface area contributed by atoms with Gasteiger partial charge in [0.05, 0.1) is 6.61 Å². The van der Waals surface area contributed by atoms with Crippen molar-refractivity contribution in [2.45, 2.75) is 32.4 Å². The first-order valence-corrected chi connectivity index (χ1v) is 6.65. The Kier molecular flexibility index (Phi) is 3.78. The van der Waals surface area contributed by atoms with E-state index in [-0.39, 0.29) is 12.6 Å². The Morgan fingerprint density at radius 1 is 1.53 bits per heavy atom. The van der Waals surface area contributed by atoms with Gasteiger partial charge in [-0.1, -0.05) is 0 Å². The van der Waals surface area contributed by atoms with Crippen molar-refractivity contribution in [2.75, 3.05) is 6.61 Å². The molecular weight excluding hydrogens is 238 g/mol. The molecule has 0 atom stereocenters. The molecule has 0 aromatic carbocycles. The summed E-state index contributed by atoms with van der Waals surface area (Å²) in [7, 11) is 0. The second-order valence-corrected chi connectivity index (χ2v) is 4.80. The van der Waals surface area contributed by atoms with Crippen molar-refractivity contribution in [2.24, 2.45) is 0 Å². The standard InChI is InChI=1S/C12H15NO3S/c1-2-16-12(15)11(14)13(10-3-4-10)7-9-5-6-17-8-9/h5-6,8,10H,2-4,7H2,1H3. The topological polar surface area (TPSA) is 46.6 Å². The first-order chi connectivity index (χ1) is 8.22. The maximum Gasteiger partial charge on any atom is 0.397 e. The molecule has 0 unspecified atom stereocenters. The minimum absolute atomic E-state index is 0.215. The van der Waals surface area contributed by atoms with Gasteiger partial charge in [-0.15, -0.1) is 0 Å². The highest BCUT2D eigenvalue weighted by atomic mass is 32.1. The molecular formula is C12H15NO3S. The van der Waals surface area contributed by atoms with Crippen LogP contribution in [0.1, 0.15) is 25.3 Å². The predicted molar refractivity (Wildman–Crippen MR) is 64.5 cm³/mol. The first-order valence-electron chi connectivity index (χ1n) is 5.71. The Labute approximate surface area is 104 Å². The molecule has 0 saturated heterocycles. The van der Waals surface area contributed by atoms with Gasteiger partial charge in [0.25, 0.3) is 0 Å². The molecule has 1 aromatic heterocycles. The van der Waals surface area contributed by atoms with Crippen molar-refractivity contribution in [1.82, 2.24) is 4.90 Å². The van der Waals surface area contributed by atoms with Crippen molar-refractivity contribution >= 4 is 23.2 Å². The number of nitrogens with zero attached hydrogens (tertiary/aromatic N) is 1. The molecule has 0 spiro atoms. The quantitative estimate of drug-likeness (QED) is 0.607. The van der Waals surface area contributed by atoms with E-state index in [9.17, 15) is 9.59 Å². The van der Waals surface area contributed by atoms with Gasteiger partial charge in [0.2, 0.25) is 0 Å². The van der Waals surface area contributed by atoms with E-state index >= 15 is 0 Å². The van der Waals surface area contributed by atoms with E-state index in [1.807, 2.05) is 16.8 Å². The van der Waals surface area contributed by atoms with Gasteiger partial charge in [-0.2, -0.15) is 11.3 Å². The molecule has 1 heterocycles. The molecule has 1 aliphatic carbocycles. The highest BCUT2D eigenvalue weighted by molar-refractivity contribution is 7.07. The van der Waals surface area contributed by atoms with Gasteiger partial charge < -0.3 is 9.64 Å². The number of thiophene rings is 1. The fourth-order valence-corrected chi connectivity index (χ4v) is 2.30. The summed E-state index contributed by atoms with van der Waals surface area (Å²) in [5, 5.41) is 3.96. The van der Waals surface area contributed by atoms with Crippen LogP contribution < -0.4 is 0 Å². The molecule has 2 rings (SSSR count). The molecule has 1 amide bonds. The van der Waals surface area contributed by atoms with Crippen molar-refractivity contribution < 1.29 is 14.3 Å². The lowest BCUT2D eigenvalue weighted by Crippen LogP contribution is -2.38. The molecule has 1 fully saturated rings.